The highest BCUT2D eigenvalue weighted by Gasteiger charge is 2.20. The van der Waals surface area contributed by atoms with Crippen LogP contribution in [0.5, 0.6) is 0 Å². The molecule has 3 aromatic rings. The van der Waals surface area contributed by atoms with Crippen LogP contribution in [0.25, 0.3) is 5.69 Å². The Bertz CT molecular complexity index is 1000. The van der Waals surface area contributed by atoms with Gasteiger partial charge in [0.2, 0.25) is 0 Å². The normalized spacial score (nSPS) is 14.8. The van der Waals surface area contributed by atoms with Gasteiger partial charge in [-0.15, -0.1) is 0 Å². The molecule has 0 saturated carbocycles. The molecule has 1 aromatic heterocycles. The minimum Gasteiger partial charge on any atom is -0.340 e. The summed E-state index contributed by atoms with van der Waals surface area (Å²) in [4.78, 5) is 16.7. The second-order valence-corrected chi connectivity index (χ2v) is 6.89. The molecule has 0 saturated heterocycles. The summed E-state index contributed by atoms with van der Waals surface area (Å²) in [5, 5.41) is 4.91. The smallest absolute Gasteiger partial charge is 0.271 e. The molecule has 5 nitrogen and oxygen atoms in total. The highest BCUT2D eigenvalue weighted by atomic mass is 35.5. The molecule has 1 aliphatic rings. The Kier molecular flexibility index (Phi) is 4.49. The second kappa shape index (κ2) is 6.94. The van der Waals surface area contributed by atoms with Gasteiger partial charge in [-0.2, -0.15) is 9.78 Å². The van der Waals surface area contributed by atoms with E-state index in [1.807, 2.05) is 30.3 Å². The van der Waals surface area contributed by atoms with E-state index in [1.165, 1.54) is 16.3 Å². The third kappa shape index (κ3) is 3.23. The van der Waals surface area contributed by atoms with Crippen molar-refractivity contribution < 1.29 is 0 Å². The molecule has 0 spiro atoms. The van der Waals surface area contributed by atoms with E-state index in [0.29, 0.717) is 5.02 Å². The van der Waals surface area contributed by atoms with Crippen molar-refractivity contribution in [3.63, 3.8) is 0 Å². The molecule has 0 bridgehead atoms. The molecule has 132 valence electrons. The van der Waals surface area contributed by atoms with Gasteiger partial charge in [0.1, 0.15) is 0 Å². The number of anilines is 2. The first-order valence-electron chi connectivity index (χ1n) is 8.51. The summed E-state index contributed by atoms with van der Waals surface area (Å²) in [6, 6.07) is 17.1. The van der Waals surface area contributed by atoms with Crippen LogP contribution >= 0.6 is 11.6 Å². The van der Waals surface area contributed by atoms with E-state index in [9.17, 15) is 4.79 Å². The molecule has 26 heavy (non-hydrogen) atoms. The third-order valence-corrected chi connectivity index (χ3v) is 4.82. The van der Waals surface area contributed by atoms with E-state index in [4.69, 9.17) is 11.6 Å². The number of benzene rings is 2. The SMILES string of the molecule is CN1CCN(c2cccc(Cl)c2)c2cc(-n3ncccc3=O)ccc2C1. The lowest BCUT2D eigenvalue weighted by atomic mass is 10.1. The maximum atomic E-state index is 12.2. The van der Waals surface area contributed by atoms with Gasteiger partial charge in [-0.3, -0.25) is 4.79 Å². The van der Waals surface area contributed by atoms with Crippen LogP contribution in [0.4, 0.5) is 11.4 Å². The Hall–Kier alpha value is -2.63. The number of hydrogen-bond donors (Lipinski definition) is 0. The van der Waals surface area contributed by atoms with Crippen molar-refractivity contribution in [3.05, 3.63) is 81.7 Å². The van der Waals surface area contributed by atoms with Crippen LogP contribution < -0.4 is 10.5 Å². The Balaban J connectivity index is 1.86. The lowest BCUT2D eigenvalue weighted by Gasteiger charge is -2.25. The average Bonchev–Trinajstić information content (AvgIpc) is 2.80. The summed E-state index contributed by atoms with van der Waals surface area (Å²) in [6.07, 6.45) is 1.62. The van der Waals surface area contributed by atoms with Crippen LogP contribution in [0.3, 0.4) is 0 Å². The summed E-state index contributed by atoms with van der Waals surface area (Å²) >= 11 is 6.22. The lowest BCUT2D eigenvalue weighted by molar-refractivity contribution is 0.343. The minimum absolute atomic E-state index is 0.146. The first-order valence-corrected chi connectivity index (χ1v) is 8.89. The highest BCUT2D eigenvalue weighted by molar-refractivity contribution is 6.30. The van der Waals surface area contributed by atoms with E-state index in [0.717, 1.165) is 36.7 Å². The van der Waals surface area contributed by atoms with Gasteiger partial charge in [0, 0.05) is 48.3 Å². The Morgan fingerprint density at radius 2 is 1.88 bits per heavy atom. The van der Waals surface area contributed by atoms with Crippen molar-refractivity contribution in [1.29, 1.82) is 0 Å². The maximum absolute atomic E-state index is 12.2. The fourth-order valence-electron chi connectivity index (χ4n) is 3.29. The summed E-state index contributed by atoms with van der Waals surface area (Å²) in [6.45, 7) is 2.62. The van der Waals surface area contributed by atoms with E-state index in [2.05, 4.69) is 34.1 Å². The topological polar surface area (TPSA) is 41.4 Å². The van der Waals surface area contributed by atoms with Gasteiger partial charge in [-0.1, -0.05) is 23.7 Å². The molecule has 0 unspecified atom stereocenters. The predicted molar refractivity (Wildman–Crippen MR) is 105 cm³/mol. The number of nitrogens with zero attached hydrogens (tertiary/aromatic N) is 4. The van der Waals surface area contributed by atoms with Crippen LogP contribution in [0.1, 0.15) is 5.56 Å². The van der Waals surface area contributed by atoms with Gasteiger partial charge in [0.25, 0.3) is 5.56 Å². The molecular weight excluding hydrogens is 348 g/mol. The third-order valence-electron chi connectivity index (χ3n) is 4.59. The molecule has 0 fully saturated rings. The van der Waals surface area contributed by atoms with Crippen molar-refractivity contribution >= 4 is 23.0 Å². The molecule has 0 aliphatic carbocycles. The molecule has 0 atom stereocenters. The van der Waals surface area contributed by atoms with E-state index >= 15 is 0 Å². The number of halogens is 1. The molecule has 0 radical (unpaired) electrons. The van der Waals surface area contributed by atoms with Crippen LogP contribution in [-0.4, -0.2) is 34.8 Å². The van der Waals surface area contributed by atoms with Gasteiger partial charge < -0.3 is 9.80 Å². The number of aromatic nitrogens is 2. The number of hydrogen-bond acceptors (Lipinski definition) is 4. The maximum Gasteiger partial charge on any atom is 0.271 e. The van der Waals surface area contributed by atoms with Gasteiger partial charge in [-0.05, 0) is 49.0 Å². The van der Waals surface area contributed by atoms with Gasteiger partial charge in [0.15, 0.2) is 0 Å². The number of likely N-dealkylation sites (N-methyl/N-ethyl adjacent to an activating group) is 1. The van der Waals surface area contributed by atoms with Crippen molar-refractivity contribution in [2.75, 3.05) is 25.0 Å². The van der Waals surface area contributed by atoms with Crippen molar-refractivity contribution in [1.82, 2.24) is 14.7 Å². The average molecular weight is 367 g/mol. The van der Waals surface area contributed by atoms with Crippen molar-refractivity contribution in [3.8, 4) is 5.69 Å². The van der Waals surface area contributed by atoms with Crippen LogP contribution in [-0.2, 0) is 6.54 Å². The van der Waals surface area contributed by atoms with E-state index in [-0.39, 0.29) is 5.56 Å². The van der Waals surface area contributed by atoms with Gasteiger partial charge in [0.05, 0.1) is 5.69 Å². The van der Waals surface area contributed by atoms with Crippen LogP contribution in [0, 0.1) is 0 Å². The van der Waals surface area contributed by atoms with Crippen LogP contribution in [0.15, 0.2) is 65.6 Å². The first-order chi connectivity index (χ1) is 12.6. The highest BCUT2D eigenvalue weighted by Crippen LogP contribution is 2.33. The lowest BCUT2D eigenvalue weighted by Crippen LogP contribution is -2.26. The molecular formula is C20H19ClN4O. The number of rotatable bonds is 2. The van der Waals surface area contributed by atoms with Gasteiger partial charge in [-0.25, -0.2) is 0 Å². The molecule has 2 aromatic carbocycles. The van der Waals surface area contributed by atoms with Gasteiger partial charge >= 0.3 is 0 Å². The zero-order valence-corrected chi connectivity index (χ0v) is 15.2. The number of fused-ring (bicyclic) bond motifs is 1. The Labute approximate surface area is 157 Å². The predicted octanol–water partition coefficient (Wildman–Crippen LogP) is 3.47. The molecule has 4 rings (SSSR count). The van der Waals surface area contributed by atoms with Crippen molar-refractivity contribution in [2.24, 2.45) is 0 Å². The fourth-order valence-corrected chi connectivity index (χ4v) is 3.48. The second-order valence-electron chi connectivity index (χ2n) is 6.46. The molecule has 6 heteroatoms. The molecule has 2 heterocycles. The summed E-state index contributed by atoms with van der Waals surface area (Å²) in [7, 11) is 2.11. The summed E-state index contributed by atoms with van der Waals surface area (Å²) in [5.74, 6) is 0. The largest absolute Gasteiger partial charge is 0.340 e. The van der Waals surface area contributed by atoms with Crippen molar-refractivity contribution in [2.45, 2.75) is 6.54 Å². The summed E-state index contributed by atoms with van der Waals surface area (Å²) < 4.78 is 1.42. The van der Waals surface area contributed by atoms with Crippen LogP contribution in [0.2, 0.25) is 5.02 Å². The quantitative estimate of drug-likeness (QED) is 0.696. The van der Waals surface area contributed by atoms with E-state index < -0.39 is 0 Å². The first kappa shape index (κ1) is 16.8. The zero-order chi connectivity index (χ0) is 18.1. The monoisotopic (exact) mass is 366 g/mol. The standard InChI is InChI=1S/C20H19ClN4O/c1-23-10-11-24(17-5-2-4-16(21)12-17)19-13-18(8-7-15(19)14-23)25-20(26)6-3-9-22-25/h2-9,12-13H,10-11,14H2,1H3. The Morgan fingerprint density at radius 1 is 1.00 bits per heavy atom. The zero-order valence-electron chi connectivity index (χ0n) is 14.5. The molecule has 0 N–H and O–H groups in total. The molecule has 1 aliphatic heterocycles. The Morgan fingerprint density at radius 3 is 2.69 bits per heavy atom. The van der Waals surface area contributed by atoms with E-state index in [1.54, 1.807) is 12.3 Å². The summed E-state index contributed by atoms with van der Waals surface area (Å²) in [5.41, 5.74) is 3.93. The minimum atomic E-state index is -0.146. The fraction of sp³-hybridized carbons (Fsp3) is 0.200. The molecule has 0 amide bonds.